The molecule has 1 unspecified atom stereocenters. The van der Waals surface area contributed by atoms with Crippen LogP contribution in [0.3, 0.4) is 0 Å². The molecule has 3 aromatic rings. The highest BCUT2D eigenvalue weighted by molar-refractivity contribution is 7.93. The average molecular weight is 542 g/mol. The molecule has 9 heteroatoms. The Balaban J connectivity index is 1.50. The molecule has 196 valence electrons. The third kappa shape index (κ3) is 5.75. The number of carbonyl (C=O) groups excluding carboxylic acids is 2. The lowest BCUT2D eigenvalue weighted by Crippen LogP contribution is -2.52. The molecule has 0 saturated heterocycles. The maximum atomic E-state index is 13.4. The van der Waals surface area contributed by atoms with Crippen molar-refractivity contribution in [3.8, 4) is 0 Å². The smallest absolute Gasteiger partial charge is 0.265 e. The van der Waals surface area contributed by atoms with Gasteiger partial charge in [0.05, 0.1) is 10.6 Å². The van der Waals surface area contributed by atoms with Crippen molar-refractivity contribution in [2.45, 2.75) is 63.6 Å². The number of rotatable bonds is 8. The third-order valence-corrected chi connectivity index (χ3v) is 8.47. The lowest BCUT2D eigenvalue weighted by atomic mass is 10.1. The number of hydrogen-bond donors (Lipinski definition) is 1. The highest BCUT2D eigenvalue weighted by atomic mass is 35.5. The average Bonchev–Trinajstić information content (AvgIpc) is 3.05. The van der Waals surface area contributed by atoms with Crippen molar-refractivity contribution in [2.24, 2.45) is 0 Å². The summed E-state index contributed by atoms with van der Waals surface area (Å²) in [6.45, 7) is 7.77. The van der Waals surface area contributed by atoms with E-state index in [1.807, 2.05) is 51.1 Å². The van der Waals surface area contributed by atoms with Gasteiger partial charge < -0.3 is 10.2 Å². The van der Waals surface area contributed by atoms with Crippen LogP contribution in [-0.2, 0) is 26.2 Å². The first-order valence-corrected chi connectivity index (χ1v) is 14.1. The molecule has 1 N–H and O–H groups in total. The van der Waals surface area contributed by atoms with Crippen LogP contribution in [-0.4, -0.2) is 43.3 Å². The fraction of sp³-hybridized carbons (Fsp3) is 0.357. The molecule has 1 atom stereocenters. The molecule has 37 heavy (non-hydrogen) atoms. The van der Waals surface area contributed by atoms with Crippen LogP contribution in [0.4, 0.5) is 5.69 Å². The first-order chi connectivity index (χ1) is 17.4. The zero-order valence-electron chi connectivity index (χ0n) is 21.5. The van der Waals surface area contributed by atoms with Gasteiger partial charge >= 0.3 is 0 Å². The molecule has 3 aromatic carbocycles. The van der Waals surface area contributed by atoms with Crippen molar-refractivity contribution in [3.05, 3.63) is 71.2 Å². The summed E-state index contributed by atoms with van der Waals surface area (Å²) in [5.41, 5.74) is 1.04. The number of benzene rings is 3. The van der Waals surface area contributed by atoms with Crippen LogP contribution in [0.2, 0.25) is 5.02 Å². The predicted octanol–water partition coefficient (Wildman–Crippen LogP) is 5.11. The Hall–Kier alpha value is -3.10. The summed E-state index contributed by atoms with van der Waals surface area (Å²) in [5, 5.41) is 5.11. The Labute approximate surface area is 223 Å². The van der Waals surface area contributed by atoms with Gasteiger partial charge in [-0.2, -0.15) is 0 Å². The Bertz CT molecular complexity index is 1430. The molecular formula is C28H32ClN3O4S. The second-order valence-corrected chi connectivity index (χ2v) is 12.6. The van der Waals surface area contributed by atoms with Gasteiger partial charge in [0.15, 0.2) is 0 Å². The van der Waals surface area contributed by atoms with Gasteiger partial charge in [0, 0.05) is 35.5 Å². The summed E-state index contributed by atoms with van der Waals surface area (Å²) in [6, 6.07) is 17.2. The van der Waals surface area contributed by atoms with E-state index in [2.05, 4.69) is 5.32 Å². The van der Waals surface area contributed by atoms with Crippen LogP contribution >= 0.6 is 11.6 Å². The number of anilines is 1. The minimum Gasteiger partial charge on any atom is -0.350 e. The number of amides is 2. The summed E-state index contributed by atoms with van der Waals surface area (Å²) in [6.07, 6.45) is 0.409. The van der Waals surface area contributed by atoms with E-state index in [4.69, 9.17) is 11.6 Å². The SMILES string of the molecule is CC(C(=O)NC(C)(C)C)N(Cc1ccc(Cl)cc1)C(=O)CCCN1c2cccc3cccc(c23)S1(=O)=O. The molecule has 2 amide bonds. The van der Waals surface area contributed by atoms with Gasteiger partial charge in [-0.05, 0) is 69.3 Å². The summed E-state index contributed by atoms with van der Waals surface area (Å²) < 4.78 is 27.9. The molecule has 0 fully saturated rings. The molecule has 0 bridgehead atoms. The van der Waals surface area contributed by atoms with Crippen LogP contribution < -0.4 is 9.62 Å². The van der Waals surface area contributed by atoms with E-state index in [9.17, 15) is 18.0 Å². The fourth-order valence-corrected chi connectivity index (χ4v) is 6.43. The van der Waals surface area contributed by atoms with Crippen molar-refractivity contribution in [2.75, 3.05) is 10.8 Å². The number of sulfonamides is 1. The molecular weight excluding hydrogens is 510 g/mol. The molecule has 4 rings (SSSR count). The summed E-state index contributed by atoms with van der Waals surface area (Å²) >= 11 is 6.01. The fourth-order valence-electron chi connectivity index (χ4n) is 4.56. The quantitative estimate of drug-likeness (QED) is 0.429. The van der Waals surface area contributed by atoms with E-state index in [0.29, 0.717) is 27.4 Å². The highest BCUT2D eigenvalue weighted by Crippen LogP contribution is 2.42. The van der Waals surface area contributed by atoms with E-state index in [1.54, 1.807) is 37.3 Å². The largest absolute Gasteiger partial charge is 0.350 e. The van der Waals surface area contributed by atoms with Crippen molar-refractivity contribution in [3.63, 3.8) is 0 Å². The molecule has 0 aromatic heterocycles. The van der Waals surface area contributed by atoms with Crippen molar-refractivity contribution >= 4 is 49.9 Å². The number of carbonyl (C=O) groups is 2. The summed E-state index contributed by atoms with van der Waals surface area (Å²) in [7, 11) is -3.69. The topological polar surface area (TPSA) is 86.8 Å². The number of hydrogen-bond acceptors (Lipinski definition) is 4. The number of nitrogens with zero attached hydrogens (tertiary/aromatic N) is 2. The Morgan fingerprint density at radius 3 is 2.32 bits per heavy atom. The molecule has 0 aliphatic carbocycles. The zero-order valence-corrected chi connectivity index (χ0v) is 23.1. The van der Waals surface area contributed by atoms with Crippen LogP contribution in [0.25, 0.3) is 10.8 Å². The first-order valence-electron chi connectivity index (χ1n) is 12.3. The standard InChI is InChI=1S/C28H32ClN3O4S/c1-19(27(34)30-28(2,3)4)31(18-20-13-15-22(29)16-14-20)25(33)12-7-17-32-23-10-5-8-21-9-6-11-24(26(21)23)37(32,35)36/h5-6,8-11,13-16,19H,7,12,17-18H2,1-4H3,(H,30,34). The van der Waals surface area contributed by atoms with Crippen LogP contribution in [0, 0.1) is 0 Å². The minimum absolute atomic E-state index is 0.0963. The number of nitrogens with one attached hydrogen (secondary N) is 1. The molecule has 7 nitrogen and oxygen atoms in total. The van der Waals surface area contributed by atoms with Gasteiger partial charge in [-0.3, -0.25) is 13.9 Å². The Morgan fingerprint density at radius 2 is 1.68 bits per heavy atom. The third-order valence-electron chi connectivity index (χ3n) is 6.36. The van der Waals surface area contributed by atoms with Crippen LogP contribution in [0.15, 0.2) is 65.6 Å². The second-order valence-electron chi connectivity index (χ2n) is 10.4. The first kappa shape index (κ1) is 26.9. The minimum atomic E-state index is -3.69. The van der Waals surface area contributed by atoms with E-state index in [0.717, 1.165) is 10.9 Å². The van der Waals surface area contributed by atoms with Crippen LogP contribution in [0.1, 0.15) is 46.1 Å². The van der Waals surface area contributed by atoms with Crippen LogP contribution in [0.5, 0.6) is 0 Å². The van der Waals surface area contributed by atoms with Crippen molar-refractivity contribution in [1.82, 2.24) is 10.2 Å². The second kappa shape index (κ2) is 10.3. The summed E-state index contributed by atoms with van der Waals surface area (Å²) in [5.74, 6) is -0.474. The molecule has 1 aliphatic rings. The Kier molecular flexibility index (Phi) is 7.53. The molecule has 0 saturated carbocycles. The summed E-state index contributed by atoms with van der Waals surface area (Å²) in [4.78, 5) is 28.2. The van der Waals surface area contributed by atoms with Gasteiger partial charge in [0.25, 0.3) is 10.0 Å². The normalized spacial score (nSPS) is 15.0. The monoisotopic (exact) mass is 541 g/mol. The van der Waals surface area contributed by atoms with E-state index in [-0.39, 0.29) is 31.3 Å². The maximum Gasteiger partial charge on any atom is 0.265 e. The van der Waals surface area contributed by atoms with Gasteiger partial charge in [0.2, 0.25) is 11.8 Å². The van der Waals surface area contributed by atoms with Gasteiger partial charge in [-0.15, -0.1) is 0 Å². The van der Waals surface area contributed by atoms with Gasteiger partial charge in [0.1, 0.15) is 6.04 Å². The lowest BCUT2D eigenvalue weighted by Gasteiger charge is -2.31. The molecule has 1 aliphatic heterocycles. The highest BCUT2D eigenvalue weighted by Gasteiger charge is 2.35. The van der Waals surface area contributed by atoms with E-state index >= 15 is 0 Å². The molecule has 0 spiro atoms. The van der Waals surface area contributed by atoms with Gasteiger partial charge in [-0.25, -0.2) is 8.42 Å². The molecule has 0 radical (unpaired) electrons. The van der Waals surface area contributed by atoms with Crippen molar-refractivity contribution in [1.29, 1.82) is 0 Å². The predicted molar refractivity (Wildman–Crippen MR) is 147 cm³/mol. The van der Waals surface area contributed by atoms with Crippen molar-refractivity contribution < 1.29 is 18.0 Å². The van der Waals surface area contributed by atoms with E-state index < -0.39 is 21.6 Å². The lowest BCUT2D eigenvalue weighted by molar-refractivity contribution is -0.141. The zero-order chi connectivity index (χ0) is 27.0. The number of halogens is 1. The maximum absolute atomic E-state index is 13.4. The molecule has 1 heterocycles. The van der Waals surface area contributed by atoms with Gasteiger partial charge in [-0.1, -0.05) is 48.0 Å². The Morgan fingerprint density at radius 1 is 1.03 bits per heavy atom. The van der Waals surface area contributed by atoms with E-state index in [1.165, 1.54) is 9.21 Å².